The number of hydrogen-bond donors (Lipinski definition) is 7. The van der Waals surface area contributed by atoms with Gasteiger partial charge in [-0.05, 0) is 77.0 Å². The molecule has 2 heterocycles. The van der Waals surface area contributed by atoms with E-state index in [1.54, 1.807) is 0 Å². The van der Waals surface area contributed by atoms with Gasteiger partial charge in [-0.2, -0.15) is 0 Å². The third-order valence-electron chi connectivity index (χ3n) is 11.8. The van der Waals surface area contributed by atoms with Crippen LogP contribution in [0.5, 0.6) is 0 Å². The smallest absolute Gasteiger partial charge is 0.306 e. The molecule has 0 aliphatic carbocycles. The molecule has 2 fully saturated rings. The minimum absolute atomic E-state index is 0.148. The molecule has 4 unspecified atom stereocenters. The van der Waals surface area contributed by atoms with Crippen LogP contribution in [0.2, 0.25) is 0 Å². The normalized spacial score (nSPS) is 26.6. The summed E-state index contributed by atoms with van der Waals surface area (Å²) in [6.45, 7) is 2.50. The lowest BCUT2D eigenvalue weighted by atomic mass is 9.98. The van der Waals surface area contributed by atoms with Gasteiger partial charge in [0, 0.05) is 12.8 Å². The van der Waals surface area contributed by atoms with Crippen LogP contribution in [-0.4, -0.2) is 142 Å². The van der Waals surface area contributed by atoms with E-state index in [1.165, 1.54) is 44.9 Å². The molecule has 11 atom stereocenters. The van der Waals surface area contributed by atoms with Crippen molar-refractivity contribution < 1.29 is 73.8 Å². The fraction of sp³-hybridized carbons (Fsp3) is 0.804. The Morgan fingerprint density at radius 3 is 1.47 bits per heavy atom. The number of rotatable bonds is 38. The van der Waals surface area contributed by atoms with E-state index in [2.05, 4.69) is 62.5 Å². The Morgan fingerprint density at radius 1 is 0.485 bits per heavy atom. The highest BCUT2D eigenvalue weighted by Crippen LogP contribution is 2.26. The van der Waals surface area contributed by atoms with Crippen molar-refractivity contribution in [1.29, 1.82) is 0 Å². The van der Waals surface area contributed by atoms with Crippen molar-refractivity contribution in [3.63, 3.8) is 0 Å². The first kappa shape index (κ1) is 59.6. The number of hydrogen-bond acceptors (Lipinski definition) is 15. The number of allylic oxidation sites excluding steroid dienone is 8. The minimum atomic E-state index is -1.77. The van der Waals surface area contributed by atoms with Gasteiger partial charge in [-0.3, -0.25) is 9.59 Å². The van der Waals surface area contributed by atoms with Gasteiger partial charge in [-0.1, -0.05) is 127 Å². The molecule has 0 spiro atoms. The molecular formula is C51H88O15. The van der Waals surface area contributed by atoms with Gasteiger partial charge in [0.15, 0.2) is 18.7 Å². The van der Waals surface area contributed by atoms with Gasteiger partial charge in [-0.15, -0.1) is 0 Å². The summed E-state index contributed by atoms with van der Waals surface area (Å²) in [5.74, 6) is -0.963. The highest BCUT2D eigenvalue weighted by atomic mass is 16.7. The van der Waals surface area contributed by atoms with Crippen LogP contribution in [0.4, 0.5) is 0 Å². The molecule has 15 heteroatoms. The lowest BCUT2D eigenvalue weighted by Gasteiger charge is -2.42. The monoisotopic (exact) mass is 941 g/mol. The Morgan fingerprint density at radius 2 is 0.909 bits per heavy atom. The standard InChI is InChI=1S/C51H88O15/c1-3-5-7-9-11-13-15-17-18-19-20-22-23-25-27-29-31-33-42(53)61-36-39(64-43(54)34-32-30-28-26-24-21-16-14-12-10-8-6-4-2)37-62-50-49(60)47(58)45(56)41(66-50)38-63-51-48(59)46(57)44(55)40(35-52)65-51/h11,13-14,16-18,20,22,39-41,44-52,55-60H,3-10,12,15,19,21,23-38H2,1-2H3/b13-11+,16-14+,18-17+,22-20+/t39-,40+,41+,44-,45-,46?,47?,48?,49?,50+,51+/m0/s1. The van der Waals surface area contributed by atoms with E-state index < -0.39 is 99.3 Å². The van der Waals surface area contributed by atoms with Crippen molar-refractivity contribution in [2.24, 2.45) is 0 Å². The molecule has 0 bridgehead atoms. The maximum Gasteiger partial charge on any atom is 0.306 e. The van der Waals surface area contributed by atoms with Crippen LogP contribution < -0.4 is 0 Å². The van der Waals surface area contributed by atoms with Crippen molar-refractivity contribution in [3.8, 4) is 0 Å². The first-order chi connectivity index (χ1) is 32.0. The van der Waals surface area contributed by atoms with Crippen molar-refractivity contribution in [3.05, 3.63) is 48.6 Å². The van der Waals surface area contributed by atoms with E-state index in [0.29, 0.717) is 12.8 Å². The topological polar surface area (TPSA) is 231 Å². The average Bonchev–Trinajstić information content (AvgIpc) is 3.31. The largest absolute Gasteiger partial charge is 0.462 e. The summed E-state index contributed by atoms with van der Waals surface area (Å²) in [5, 5.41) is 72.0. The quantitative estimate of drug-likeness (QED) is 0.0194. The highest BCUT2D eigenvalue weighted by molar-refractivity contribution is 5.70. The Balaban J connectivity index is 1.83. The van der Waals surface area contributed by atoms with Crippen molar-refractivity contribution in [2.75, 3.05) is 26.4 Å². The molecule has 2 saturated heterocycles. The fourth-order valence-electron chi connectivity index (χ4n) is 7.57. The van der Waals surface area contributed by atoms with Crippen LogP contribution in [-0.2, 0) is 38.0 Å². The summed E-state index contributed by atoms with van der Waals surface area (Å²) in [7, 11) is 0. The summed E-state index contributed by atoms with van der Waals surface area (Å²) in [6, 6.07) is 0. The molecule has 0 amide bonds. The molecule has 66 heavy (non-hydrogen) atoms. The van der Waals surface area contributed by atoms with Crippen LogP contribution in [0.1, 0.15) is 168 Å². The highest BCUT2D eigenvalue weighted by Gasteiger charge is 2.47. The van der Waals surface area contributed by atoms with E-state index in [4.69, 9.17) is 28.4 Å². The molecule has 2 aliphatic rings. The molecule has 0 aromatic heterocycles. The van der Waals surface area contributed by atoms with Crippen molar-refractivity contribution >= 4 is 11.9 Å². The van der Waals surface area contributed by atoms with E-state index in [1.807, 2.05) is 0 Å². The number of aliphatic hydroxyl groups is 7. The van der Waals surface area contributed by atoms with Gasteiger partial charge >= 0.3 is 11.9 Å². The van der Waals surface area contributed by atoms with Crippen molar-refractivity contribution in [2.45, 2.75) is 235 Å². The Labute approximate surface area is 395 Å². The molecule has 2 aliphatic heterocycles. The molecule has 0 aromatic carbocycles. The molecule has 0 aromatic rings. The average molecular weight is 941 g/mol. The Kier molecular flexibility index (Phi) is 34.6. The van der Waals surface area contributed by atoms with Gasteiger partial charge < -0.3 is 64.2 Å². The number of carbonyl (C=O) groups is 2. The zero-order valence-electron chi connectivity index (χ0n) is 40.2. The molecule has 15 nitrogen and oxygen atoms in total. The second-order valence-corrected chi connectivity index (χ2v) is 17.6. The predicted molar refractivity (Wildman–Crippen MR) is 252 cm³/mol. The van der Waals surface area contributed by atoms with Gasteiger partial charge in [0.1, 0.15) is 55.4 Å². The summed E-state index contributed by atoms with van der Waals surface area (Å²) in [6.07, 6.45) is 24.2. The van der Waals surface area contributed by atoms with Gasteiger partial charge in [0.25, 0.3) is 0 Å². The number of carbonyl (C=O) groups excluding carboxylic acids is 2. The summed E-state index contributed by atoms with van der Waals surface area (Å²) >= 11 is 0. The van der Waals surface area contributed by atoms with E-state index in [9.17, 15) is 45.3 Å². The van der Waals surface area contributed by atoms with Crippen LogP contribution in [0.3, 0.4) is 0 Å². The predicted octanol–water partition coefficient (Wildman–Crippen LogP) is 6.71. The Hall–Kier alpha value is -2.54. The van der Waals surface area contributed by atoms with Crippen LogP contribution >= 0.6 is 0 Å². The molecular weight excluding hydrogens is 853 g/mol. The molecule has 0 radical (unpaired) electrons. The second kappa shape index (κ2) is 38.3. The second-order valence-electron chi connectivity index (χ2n) is 17.6. The summed E-state index contributed by atoms with van der Waals surface area (Å²) in [5.41, 5.74) is 0. The summed E-state index contributed by atoms with van der Waals surface area (Å²) < 4.78 is 33.5. The van der Waals surface area contributed by atoms with E-state index in [0.717, 1.165) is 83.5 Å². The maximum atomic E-state index is 13.0. The minimum Gasteiger partial charge on any atom is -0.462 e. The number of esters is 2. The number of unbranched alkanes of at least 4 members (excludes halogenated alkanes) is 16. The van der Waals surface area contributed by atoms with Gasteiger partial charge in [-0.25, -0.2) is 0 Å². The zero-order chi connectivity index (χ0) is 48.2. The van der Waals surface area contributed by atoms with E-state index >= 15 is 0 Å². The molecule has 0 saturated carbocycles. The third kappa shape index (κ3) is 26.3. The lowest BCUT2D eigenvalue weighted by molar-refractivity contribution is -0.332. The van der Waals surface area contributed by atoms with Crippen LogP contribution in [0.15, 0.2) is 48.6 Å². The molecule has 382 valence electrons. The number of aliphatic hydroxyl groups excluding tert-OH is 7. The van der Waals surface area contributed by atoms with Gasteiger partial charge in [0.2, 0.25) is 0 Å². The first-order valence-corrected chi connectivity index (χ1v) is 25.2. The molecule has 2 rings (SSSR count). The molecule has 7 N–H and O–H groups in total. The van der Waals surface area contributed by atoms with Crippen LogP contribution in [0, 0.1) is 0 Å². The lowest BCUT2D eigenvalue weighted by Crippen LogP contribution is -2.61. The third-order valence-corrected chi connectivity index (χ3v) is 11.8. The van der Waals surface area contributed by atoms with Gasteiger partial charge in [0.05, 0.1) is 19.8 Å². The number of ether oxygens (including phenoxy) is 6. The van der Waals surface area contributed by atoms with E-state index in [-0.39, 0.29) is 19.4 Å². The SMILES string of the molecule is CCCCC/C=C/C/C=C/C/C=C/CCCCCCC(=O)OC[C@@H](CO[C@@H]1O[C@H](CO[C@@H]2O[C@H](CO)[C@H](O)C(O)C2O)[C@H](O)C(O)C1O)OC(=O)CCCCCCC/C=C/CCCCCC. The first-order valence-electron chi connectivity index (χ1n) is 25.2. The van der Waals surface area contributed by atoms with Crippen LogP contribution in [0.25, 0.3) is 0 Å². The Bertz CT molecular complexity index is 1340. The van der Waals surface area contributed by atoms with Crippen molar-refractivity contribution in [1.82, 2.24) is 0 Å². The fourth-order valence-corrected chi connectivity index (χ4v) is 7.57. The summed E-state index contributed by atoms with van der Waals surface area (Å²) in [4.78, 5) is 25.7. The zero-order valence-corrected chi connectivity index (χ0v) is 40.2. The maximum absolute atomic E-state index is 13.0.